The predicted octanol–water partition coefficient (Wildman–Crippen LogP) is 0.419. The Balaban J connectivity index is 2.20. The minimum Gasteiger partial charge on any atom is -0.481 e. The molecule has 0 bridgehead atoms. The number of rotatable bonds is 4. The minimum absolute atomic E-state index is 0.115. The number of urea groups is 1. The maximum absolute atomic E-state index is 11.4. The molecule has 0 saturated carbocycles. The first-order valence-corrected chi connectivity index (χ1v) is 5.73. The minimum atomic E-state index is -0.575. The second-order valence-electron chi connectivity index (χ2n) is 3.87. The van der Waals surface area contributed by atoms with Crippen molar-refractivity contribution in [2.45, 2.75) is 0 Å². The summed E-state index contributed by atoms with van der Waals surface area (Å²) >= 11 is 0. The quantitative estimate of drug-likeness (QED) is 0.472. The van der Waals surface area contributed by atoms with Crippen molar-refractivity contribution in [3.8, 4) is 5.75 Å². The molecule has 1 aliphatic rings. The number of ether oxygens (including phenoxy) is 2. The van der Waals surface area contributed by atoms with Crippen LogP contribution in [0.3, 0.4) is 0 Å². The molecule has 1 heterocycles. The molecule has 0 aromatic heterocycles. The summed E-state index contributed by atoms with van der Waals surface area (Å²) in [6.45, 7) is -0.241. The number of hydrogen-bond donors (Lipinski definition) is 2. The van der Waals surface area contributed by atoms with E-state index in [-0.39, 0.29) is 12.3 Å². The van der Waals surface area contributed by atoms with Gasteiger partial charge in [-0.1, -0.05) is 18.2 Å². The highest BCUT2D eigenvalue weighted by molar-refractivity contribution is 6.14. The topological polar surface area (TPSA) is 93.7 Å². The van der Waals surface area contributed by atoms with Gasteiger partial charge in [0.25, 0.3) is 5.91 Å². The highest BCUT2D eigenvalue weighted by atomic mass is 16.6. The van der Waals surface area contributed by atoms with Crippen molar-refractivity contribution in [1.82, 2.24) is 10.6 Å². The molecule has 1 fully saturated rings. The lowest BCUT2D eigenvalue weighted by molar-refractivity contribution is -0.142. The zero-order valence-electron chi connectivity index (χ0n) is 10.6. The Morgan fingerprint density at radius 2 is 2.00 bits per heavy atom. The molecule has 0 radical (unpaired) electrons. The van der Waals surface area contributed by atoms with Crippen LogP contribution in [0.4, 0.5) is 4.79 Å². The molecule has 0 spiro atoms. The van der Waals surface area contributed by atoms with E-state index in [1.807, 2.05) is 0 Å². The third kappa shape index (κ3) is 3.14. The van der Waals surface area contributed by atoms with E-state index in [0.29, 0.717) is 11.3 Å². The van der Waals surface area contributed by atoms with Crippen LogP contribution in [0.15, 0.2) is 30.0 Å². The van der Waals surface area contributed by atoms with Crippen molar-refractivity contribution in [2.75, 3.05) is 13.7 Å². The normalized spacial score (nSPS) is 15.8. The van der Waals surface area contributed by atoms with Crippen LogP contribution in [0, 0.1) is 0 Å². The van der Waals surface area contributed by atoms with Crippen molar-refractivity contribution < 1.29 is 23.9 Å². The van der Waals surface area contributed by atoms with E-state index in [1.54, 1.807) is 24.3 Å². The van der Waals surface area contributed by atoms with E-state index in [1.165, 1.54) is 13.2 Å². The molecule has 2 rings (SSSR count). The van der Waals surface area contributed by atoms with Crippen LogP contribution >= 0.6 is 0 Å². The number of para-hydroxylation sites is 1. The van der Waals surface area contributed by atoms with Crippen LogP contribution in [0.25, 0.3) is 6.08 Å². The van der Waals surface area contributed by atoms with Gasteiger partial charge in [0.2, 0.25) is 0 Å². The Hall–Kier alpha value is -2.83. The van der Waals surface area contributed by atoms with E-state index in [2.05, 4.69) is 15.4 Å². The highest BCUT2D eigenvalue weighted by Crippen LogP contribution is 2.21. The fourth-order valence-corrected chi connectivity index (χ4v) is 1.56. The molecule has 1 saturated heterocycles. The monoisotopic (exact) mass is 276 g/mol. The number of hydrogen-bond acceptors (Lipinski definition) is 5. The van der Waals surface area contributed by atoms with Gasteiger partial charge in [-0.3, -0.25) is 10.1 Å². The smallest absolute Gasteiger partial charge is 0.343 e. The van der Waals surface area contributed by atoms with Crippen LogP contribution in [0.1, 0.15) is 5.56 Å². The molecule has 3 amide bonds. The Bertz CT molecular complexity index is 594. The van der Waals surface area contributed by atoms with Gasteiger partial charge >= 0.3 is 12.0 Å². The Morgan fingerprint density at radius 1 is 1.25 bits per heavy atom. The first kappa shape index (κ1) is 13.6. The summed E-state index contributed by atoms with van der Waals surface area (Å²) in [7, 11) is 1.26. The Morgan fingerprint density at radius 3 is 2.65 bits per heavy atom. The molecule has 104 valence electrons. The Kier molecular flexibility index (Phi) is 3.99. The summed E-state index contributed by atoms with van der Waals surface area (Å²) in [5.74, 6) is -0.628. The maximum atomic E-state index is 11.4. The lowest BCUT2D eigenvalue weighted by Gasteiger charge is -2.08. The average Bonchev–Trinajstić information content (AvgIpc) is 2.75. The number of esters is 1. The van der Waals surface area contributed by atoms with Gasteiger partial charge in [-0.05, 0) is 12.1 Å². The fraction of sp³-hybridized carbons (Fsp3) is 0.154. The third-order valence-electron chi connectivity index (χ3n) is 2.51. The molecular weight excluding hydrogens is 264 g/mol. The van der Waals surface area contributed by atoms with Crippen LogP contribution in [0.2, 0.25) is 0 Å². The van der Waals surface area contributed by atoms with Gasteiger partial charge in [0.15, 0.2) is 6.61 Å². The van der Waals surface area contributed by atoms with Gasteiger partial charge in [0, 0.05) is 5.56 Å². The maximum Gasteiger partial charge on any atom is 0.343 e. The van der Waals surface area contributed by atoms with Gasteiger partial charge in [-0.2, -0.15) is 0 Å². The number of imide groups is 1. The summed E-state index contributed by atoms with van der Waals surface area (Å²) in [5.41, 5.74) is 0.674. The lowest BCUT2D eigenvalue weighted by Crippen LogP contribution is -2.22. The molecule has 1 aromatic rings. The Labute approximate surface area is 114 Å². The third-order valence-corrected chi connectivity index (χ3v) is 2.51. The number of amides is 3. The summed E-state index contributed by atoms with van der Waals surface area (Å²) in [6.07, 6.45) is 1.47. The molecule has 7 nitrogen and oxygen atoms in total. The molecule has 20 heavy (non-hydrogen) atoms. The van der Waals surface area contributed by atoms with Crippen LogP contribution in [-0.2, 0) is 14.3 Å². The van der Waals surface area contributed by atoms with Crippen LogP contribution in [-0.4, -0.2) is 31.6 Å². The lowest BCUT2D eigenvalue weighted by atomic mass is 10.1. The molecule has 7 heteroatoms. The van der Waals surface area contributed by atoms with Crippen molar-refractivity contribution >= 4 is 24.0 Å². The standard InChI is InChI=1S/C13H12N2O5/c1-19-11(16)7-20-10-5-3-2-4-8(10)6-9-12(17)15-13(18)14-9/h2-6H,7H2,1H3,(H2,14,15,17,18). The van der Waals surface area contributed by atoms with Gasteiger partial charge in [-0.25, -0.2) is 9.59 Å². The number of carbonyl (C=O) groups excluding carboxylic acids is 3. The number of methoxy groups -OCH3 is 1. The van der Waals surface area contributed by atoms with Crippen molar-refractivity contribution in [1.29, 1.82) is 0 Å². The SMILES string of the molecule is COC(=O)COc1ccccc1C=C1NC(=O)NC1=O. The number of benzene rings is 1. The van der Waals surface area contributed by atoms with Gasteiger partial charge in [0.1, 0.15) is 11.4 Å². The van der Waals surface area contributed by atoms with Crippen molar-refractivity contribution in [3.05, 3.63) is 35.5 Å². The van der Waals surface area contributed by atoms with Gasteiger partial charge in [-0.15, -0.1) is 0 Å². The highest BCUT2D eigenvalue weighted by Gasteiger charge is 2.23. The van der Waals surface area contributed by atoms with E-state index in [0.717, 1.165) is 0 Å². The van der Waals surface area contributed by atoms with E-state index in [4.69, 9.17) is 4.74 Å². The van der Waals surface area contributed by atoms with Crippen LogP contribution < -0.4 is 15.4 Å². The molecule has 2 N–H and O–H groups in total. The zero-order chi connectivity index (χ0) is 14.5. The first-order valence-electron chi connectivity index (χ1n) is 5.73. The molecule has 0 atom stereocenters. The van der Waals surface area contributed by atoms with Crippen LogP contribution in [0.5, 0.6) is 5.75 Å². The second-order valence-corrected chi connectivity index (χ2v) is 3.87. The second kappa shape index (κ2) is 5.87. The first-order chi connectivity index (χ1) is 9.60. The average molecular weight is 276 g/mol. The summed E-state index contributed by atoms with van der Waals surface area (Å²) in [5, 5.41) is 4.46. The molecule has 1 aromatic carbocycles. The largest absolute Gasteiger partial charge is 0.481 e. The van der Waals surface area contributed by atoms with Gasteiger partial charge in [0.05, 0.1) is 7.11 Å². The molecule has 0 unspecified atom stereocenters. The summed E-state index contributed by atoms with van der Waals surface area (Å²) < 4.78 is 9.77. The number of nitrogens with one attached hydrogen (secondary N) is 2. The fourth-order valence-electron chi connectivity index (χ4n) is 1.56. The van der Waals surface area contributed by atoms with E-state index in [9.17, 15) is 14.4 Å². The van der Waals surface area contributed by atoms with E-state index >= 15 is 0 Å². The molecule has 0 aliphatic carbocycles. The molecule has 1 aliphatic heterocycles. The van der Waals surface area contributed by atoms with Crippen molar-refractivity contribution in [3.63, 3.8) is 0 Å². The summed E-state index contributed by atoms with van der Waals surface area (Å²) in [4.78, 5) is 33.5. The molecular formula is C13H12N2O5. The predicted molar refractivity (Wildman–Crippen MR) is 68.6 cm³/mol. The van der Waals surface area contributed by atoms with Gasteiger partial charge < -0.3 is 14.8 Å². The number of carbonyl (C=O) groups is 3. The summed E-state index contributed by atoms with van der Waals surface area (Å²) in [6, 6.07) is 6.23. The van der Waals surface area contributed by atoms with E-state index < -0.39 is 17.9 Å². The zero-order valence-corrected chi connectivity index (χ0v) is 10.6. The van der Waals surface area contributed by atoms with Crippen molar-refractivity contribution in [2.24, 2.45) is 0 Å².